The Morgan fingerprint density at radius 1 is 1.26 bits per heavy atom. The van der Waals surface area contributed by atoms with Crippen LogP contribution in [0.5, 0.6) is 0 Å². The average molecular weight is 423 g/mol. The van der Waals surface area contributed by atoms with Gasteiger partial charge in [-0.25, -0.2) is 4.79 Å². The number of ether oxygens (including phenoxy) is 1. The molecule has 27 heavy (non-hydrogen) atoms. The van der Waals surface area contributed by atoms with Gasteiger partial charge in [0.15, 0.2) is 11.0 Å². The summed E-state index contributed by atoms with van der Waals surface area (Å²) in [5.74, 6) is 0.241. The van der Waals surface area contributed by atoms with E-state index in [1.165, 1.54) is 35.1 Å². The van der Waals surface area contributed by atoms with Crippen LogP contribution >= 0.6 is 34.4 Å². The van der Waals surface area contributed by atoms with Crippen molar-refractivity contribution in [1.82, 2.24) is 14.8 Å². The number of nitrogens with one attached hydrogen (secondary N) is 1. The van der Waals surface area contributed by atoms with Crippen LogP contribution in [0.1, 0.15) is 20.1 Å². The van der Waals surface area contributed by atoms with Crippen molar-refractivity contribution in [2.75, 3.05) is 18.2 Å². The number of thioether (sulfide) groups is 1. The van der Waals surface area contributed by atoms with Gasteiger partial charge in [-0.3, -0.25) is 4.79 Å². The van der Waals surface area contributed by atoms with E-state index < -0.39 is 5.97 Å². The highest BCUT2D eigenvalue weighted by molar-refractivity contribution is 7.99. The van der Waals surface area contributed by atoms with Gasteiger partial charge in [-0.1, -0.05) is 11.8 Å². The molecule has 3 aromatic rings. The molecule has 0 aliphatic heterocycles. The standard InChI is InChI=1S/C17H18N4O3S3/c1-9-5-11(7-25-9)14-19-20-17(21(14)3)26-8-13(22)18-15-12(16(23)24-4)6-10(2)27-15/h5-7H,8H2,1-4H3,(H,18,22). The summed E-state index contributed by atoms with van der Waals surface area (Å²) >= 11 is 4.29. The van der Waals surface area contributed by atoms with Gasteiger partial charge in [-0.2, -0.15) is 0 Å². The monoisotopic (exact) mass is 422 g/mol. The van der Waals surface area contributed by atoms with Crippen LogP contribution in [0, 0.1) is 13.8 Å². The van der Waals surface area contributed by atoms with Gasteiger partial charge in [-0.05, 0) is 26.0 Å². The van der Waals surface area contributed by atoms with E-state index in [0.29, 0.717) is 15.7 Å². The first kappa shape index (κ1) is 19.6. The Hall–Kier alpha value is -2.17. The number of anilines is 1. The molecule has 0 aliphatic carbocycles. The highest BCUT2D eigenvalue weighted by atomic mass is 32.2. The van der Waals surface area contributed by atoms with Gasteiger partial charge >= 0.3 is 5.97 Å². The SMILES string of the molecule is COC(=O)c1cc(C)sc1NC(=O)CSc1nnc(-c2csc(C)c2)n1C. The summed E-state index contributed by atoms with van der Waals surface area (Å²) < 4.78 is 6.62. The van der Waals surface area contributed by atoms with Crippen LogP contribution in [0.25, 0.3) is 11.4 Å². The highest BCUT2D eigenvalue weighted by Gasteiger charge is 2.18. The van der Waals surface area contributed by atoms with Crippen LogP contribution in [0.15, 0.2) is 22.7 Å². The number of hydrogen-bond donors (Lipinski definition) is 1. The molecular weight excluding hydrogens is 404 g/mol. The van der Waals surface area contributed by atoms with E-state index in [1.807, 2.05) is 30.8 Å². The Morgan fingerprint density at radius 2 is 2.04 bits per heavy atom. The minimum Gasteiger partial charge on any atom is -0.465 e. The topological polar surface area (TPSA) is 86.1 Å². The van der Waals surface area contributed by atoms with E-state index in [-0.39, 0.29) is 11.7 Å². The molecule has 0 fully saturated rings. The molecule has 3 rings (SSSR count). The van der Waals surface area contributed by atoms with E-state index >= 15 is 0 Å². The molecule has 1 N–H and O–H groups in total. The number of carbonyl (C=O) groups excluding carboxylic acids is 2. The zero-order chi connectivity index (χ0) is 19.6. The first-order valence-electron chi connectivity index (χ1n) is 7.95. The molecule has 3 aromatic heterocycles. The van der Waals surface area contributed by atoms with Crippen LogP contribution < -0.4 is 5.32 Å². The normalized spacial score (nSPS) is 10.8. The van der Waals surface area contributed by atoms with Crippen LogP contribution in [-0.2, 0) is 16.6 Å². The Kier molecular flexibility index (Phi) is 5.98. The Balaban J connectivity index is 1.65. The van der Waals surface area contributed by atoms with Crippen molar-refractivity contribution in [2.24, 2.45) is 7.05 Å². The van der Waals surface area contributed by atoms with E-state index in [0.717, 1.165) is 16.3 Å². The zero-order valence-corrected chi connectivity index (χ0v) is 17.7. The molecule has 0 bridgehead atoms. The molecule has 0 spiro atoms. The van der Waals surface area contributed by atoms with Crippen molar-refractivity contribution in [1.29, 1.82) is 0 Å². The fourth-order valence-electron chi connectivity index (χ4n) is 2.41. The Labute approximate surface area is 168 Å². The molecular formula is C17H18N4O3S3. The molecule has 0 aromatic carbocycles. The molecule has 0 unspecified atom stereocenters. The van der Waals surface area contributed by atoms with Crippen molar-refractivity contribution < 1.29 is 14.3 Å². The third-order valence-corrected chi connectivity index (χ3v) is 6.52. The molecule has 142 valence electrons. The fourth-order valence-corrected chi connectivity index (χ4v) is 4.72. The number of amides is 1. The van der Waals surface area contributed by atoms with Crippen LogP contribution in [0.2, 0.25) is 0 Å². The van der Waals surface area contributed by atoms with Gasteiger partial charge in [0.2, 0.25) is 5.91 Å². The summed E-state index contributed by atoms with van der Waals surface area (Å²) in [5, 5.41) is 14.4. The number of carbonyl (C=O) groups is 2. The summed E-state index contributed by atoms with van der Waals surface area (Å²) in [6, 6.07) is 3.76. The van der Waals surface area contributed by atoms with E-state index in [1.54, 1.807) is 17.4 Å². The molecule has 0 saturated carbocycles. The first-order chi connectivity index (χ1) is 12.9. The smallest absolute Gasteiger partial charge is 0.340 e. The lowest BCUT2D eigenvalue weighted by Crippen LogP contribution is -2.16. The first-order valence-corrected chi connectivity index (χ1v) is 10.6. The molecule has 10 heteroatoms. The Bertz CT molecular complexity index is 990. The number of aryl methyl sites for hydroxylation is 2. The third-order valence-electron chi connectivity index (χ3n) is 3.67. The molecule has 3 heterocycles. The molecule has 0 atom stereocenters. The maximum atomic E-state index is 12.3. The van der Waals surface area contributed by atoms with E-state index in [4.69, 9.17) is 4.74 Å². The van der Waals surface area contributed by atoms with Crippen LogP contribution in [0.3, 0.4) is 0 Å². The molecule has 1 amide bonds. The van der Waals surface area contributed by atoms with Crippen LogP contribution in [-0.4, -0.2) is 39.5 Å². The van der Waals surface area contributed by atoms with Gasteiger partial charge in [0.1, 0.15) is 5.00 Å². The largest absolute Gasteiger partial charge is 0.465 e. The van der Waals surface area contributed by atoms with Crippen molar-refractivity contribution >= 4 is 51.3 Å². The number of thiophene rings is 2. The van der Waals surface area contributed by atoms with Gasteiger partial charge in [-0.15, -0.1) is 32.9 Å². The van der Waals surface area contributed by atoms with Crippen molar-refractivity contribution in [3.05, 3.63) is 32.8 Å². The maximum absolute atomic E-state index is 12.3. The summed E-state index contributed by atoms with van der Waals surface area (Å²) in [5.41, 5.74) is 1.38. The molecule has 0 saturated heterocycles. The number of rotatable bonds is 6. The second kappa shape index (κ2) is 8.24. The fraction of sp³-hybridized carbons (Fsp3) is 0.294. The quantitative estimate of drug-likeness (QED) is 0.481. The number of hydrogen-bond acceptors (Lipinski definition) is 8. The maximum Gasteiger partial charge on any atom is 0.340 e. The third kappa shape index (κ3) is 4.40. The van der Waals surface area contributed by atoms with Crippen molar-refractivity contribution in [3.63, 3.8) is 0 Å². The minimum absolute atomic E-state index is 0.159. The van der Waals surface area contributed by atoms with Gasteiger partial charge < -0.3 is 14.6 Å². The number of esters is 1. The summed E-state index contributed by atoms with van der Waals surface area (Å²) in [6.07, 6.45) is 0. The number of methoxy groups -OCH3 is 1. The number of aromatic nitrogens is 3. The van der Waals surface area contributed by atoms with Gasteiger partial charge in [0.05, 0.1) is 18.4 Å². The number of nitrogens with zero attached hydrogens (tertiary/aromatic N) is 3. The molecule has 0 aliphatic rings. The second-order valence-corrected chi connectivity index (χ2v) is 9.05. The average Bonchev–Trinajstić information content (AvgIpc) is 3.31. The zero-order valence-electron chi connectivity index (χ0n) is 15.2. The molecule has 0 radical (unpaired) electrons. The minimum atomic E-state index is -0.466. The van der Waals surface area contributed by atoms with E-state index in [2.05, 4.69) is 21.6 Å². The summed E-state index contributed by atoms with van der Waals surface area (Å²) in [6.45, 7) is 3.91. The lowest BCUT2D eigenvalue weighted by Gasteiger charge is -2.05. The second-order valence-electron chi connectivity index (χ2n) is 5.74. The molecule has 7 nitrogen and oxygen atoms in total. The van der Waals surface area contributed by atoms with Crippen molar-refractivity contribution in [3.8, 4) is 11.4 Å². The summed E-state index contributed by atoms with van der Waals surface area (Å²) in [7, 11) is 3.19. The Morgan fingerprint density at radius 3 is 2.70 bits per heavy atom. The van der Waals surface area contributed by atoms with Gasteiger partial charge in [0.25, 0.3) is 0 Å². The lowest BCUT2D eigenvalue weighted by molar-refractivity contribution is -0.113. The lowest BCUT2D eigenvalue weighted by atomic mass is 10.3. The van der Waals surface area contributed by atoms with Gasteiger partial charge in [0, 0.05) is 27.7 Å². The predicted molar refractivity (Wildman–Crippen MR) is 109 cm³/mol. The van der Waals surface area contributed by atoms with Crippen molar-refractivity contribution in [2.45, 2.75) is 19.0 Å². The highest BCUT2D eigenvalue weighted by Crippen LogP contribution is 2.29. The summed E-state index contributed by atoms with van der Waals surface area (Å²) in [4.78, 5) is 26.2. The predicted octanol–water partition coefficient (Wildman–Crippen LogP) is 3.74. The van der Waals surface area contributed by atoms with Crippen LogP contribution in [0.4, 0.5) is 5.00 Å². The van der Waals surface area contributed by atoms with E-state index in [9.17, 15) is 9.59 Å².